The summed E-state index contributed by atoms with van der Waals surface area (Å²) in [7, 11) is 0. The van der Waals surface area contributed by atoms with Gasteiger partial charge in [-0.1, -0.05) is 33.3 Å². The van der Waals surface area contributed by atoms with Crippen LogP contribution >= 0.6 is 0 Å². The molecule has 0 saturated heterocycles. The molecule has 22 heavy (non-hydrogen) atoms. The van der Waals surface area contributed by atoms with E-state index in [0.717, 1.165) is 51.4 Å². The molecule has 3 aliphatic rings. The van der Waals surface area contributed by atoms with Gasteiger partial charge >= 0.3 is 0 Å². The van der Waals surface area contributed by atoms with Crippen LogP contribution in [0.2, 0.25) is 0 Å². The van der Waals surface area contributed by atoms with Gasteiger partial charge in [0.1, 0.15) is 0 Å². The quantitative estimate of drug-likeness (QED) is 0.746. The summed E-state index contributed by atoms with van der Waals surface area (Å²) in [5.41, 5.74) is -0.397. The highest BCUT2D eigenvalue weighted by atomic mass is 16.3. The molecule has 0 unspecified atom stereocenters. The van der Waals surface area contributed by atoms with Crippen molar-refractivity contribution in [2.45, 2.75) is 77.7 Å². The zero-order valence-corrected chi connectivity index (χ0v) is 14.7. The van der Waals surface area contributed by atoms with Crippen LogP contribution in [0.15, 0.2) is 12.7 Å². The van der Waals surface area contributed by atoms with Crippen LogP contribution < -0.4 is 0 Å². The Hall–Kier alpha value is -0.340. The van der Waals surface area contributed by atoms with E-state index in [9.17, 15) is 10.2 Å². The van der Waals surface area contributed by atoms with Crippen LogP contribution in [0.5, 0.6) is 0 Å². The van der Waals surface area contributed by atoms with Crippen molar-refractivity contribution < 1.29 is 10.2 Å². The van der Waals surface area contributed by atoms with Crippen LogP contribution in [0.3, 0.4) is 0 Å². The average molecular weight is 306 g/mol. The summed E-state index contributed by atoms with van der Waals surface area (Å²) < 4.78 is 0. The van der Waals surface area contributed by atoms with Gasteiger partial charge in [-0.25, -0.2) is 0 Å². The summed E-state index contributed by atoms with van der Waals surface area (Å²) in [6, 6.07) is 0. The van der Waals surface area contributed by atoms with Gasteiger partial charge in [-0.2, -0.15) is 0 Å². The van der Waals surface area contributed by atoms with Crippen LogP contribution in [0, 0.1) is 28.1 Å². The molecule has 3 aliphatic carbocycles. The Morgan fingerprint density at radius 3 is 2.45 bits per heavy atom. The van der Waals surface area contributed by atoms with Crippen molar-refractivity contribution in [3.8, 4) is 0 Å². The minimum Gasteiger partial charge on any atom is -0.396 e. The number of aliphatic hydroxyl groups is 2. The summed E-state index contributed by atoms with van der Waals surface area (Å²) in [5.74, 6) is 0.847. The third kappa shape index (κ3) is 2.06. The van der Waals surface area contributed by atoms with Gasteiger partial charge in [0.05, 0.1) is 5.60 Å². The van der Waals surface area contributed by atoms with E-state index in [4.69, 9.17) is 0 Å². The van der Waals surface area contributed by atoms with Crippen LogP contribution in [0.1, 0.15) is 72.1 Å². The number of hydrogen-bond donors (Lipinski definition) is 2. The van der Waals surface area contributed by atoms with Gasteiger partial charge in [-0.15, -0.1) is 6.58 Å². The normalized spacial score (nSPS) is 55.1. The van der Waals surface area contributed by atoms with Crippen molar-refractivity contribution in [1.82, 2.24) is 0 Å². The van der Waals surface area contributed by atoms with Crippen LogP contribution in [0.4, 0.5) is 0 Å². The molecule has 0 aromatic heterocycles. The third-order valence-electron chi connectivity index (χ3n) is 8.17. The highest BCUT2D eigenvalue weighted by Gasteiger charge is 2.64. The standard InChI is InChI=1S/C20H34O2/c1-5-17(2)11-12-20(22)15(13-17)7-8-16-18(3,14-21)9-6-10-19(16,20)4/h5,15-16,21-22H,1,6-14H2,2-4H3/t15-,16-,17+,18-,19-,20+/m0/s1. The number of aliphatic hydroxyl groups excluding tert-OH is 1. The van der Waals surface area contributed by atoms with Gasteiger partial charge in [0.15, 0.2) is 0 Å². The summed E-state index contributed by atoms with van der Waals surface area (Å²) in [5, 5.41) is 21.8. The van der Waals surface area contributed by atoms with Crippen LogP contribution in [0.25, 0.3) is 0 Å². The van der Waals surface area contributed by atoms with E-state index in [0.29, 0.717) is 11.8 Å². The fraction of sp³-hybridized carbons (Fsp3) is 0.900. The van der Waals surface area contributed by atoms with Crippen molar-refractivity contribution in [2.24, 2.45) is 28.1 Å². The first-order valence-corrected chi connectivity index (χ1v) is 9.20. The molecule has 126 valence electrons. The lowest BCUT2D eigenvalue weighted by Gasteiger charge is -2.66. The average Bonchev–Trinajstić information content (AvgIpc) is 2.49. The van der Waals surface area contributed by atoms with Crippen molar-refractivity contribution >= 4 is 0 Å². The second kappa shape index (κ2) is 5.08. The molecule has 0 aromatic rings. The molecular weight excluding hydrogens is 272 g/mol. The van der Waals surface area contributed by atoms with E-state index < -0.39 is 5.60 Å². The molecule has 0 spiro atoms. The number of hydrogen-bond acceptors (Lipinski definition) is 2. The fourth-order valence-corrected chi connectivity index (χ4v) is 6.51. The molecule has 3 fully saturated rings. The fourth-order valence-electron chi connectivity index (χ4n) is 6.51. The van der Waals surface area contributed by atoms with Gasteiger partial charge in [-0.05, 0) is 73.0 Å². The predicted molar refractivity (Wildman–Crippen MR) is 90.5 cm³/mol. The zero-order chi connectivity index (χ0) is 16.2. The Balaban J connectivity index is 1.96. The minimum absolute atomic E-state index is 0.00706. The largest absolute Gasteiger partial charge is 0.396 e. The molecule has 0 radical (unpaired) electrons. The molecule has 2 N–H and O–H groups in total. The monoisotopic (exact) mass is 306 g/mol. The molecule has 2 heteroatoms. The van der Waals surface area contributed by atoms with Crippen LogP contribution in [-0.2, 0) is 0 Å². The number of fused-ring (bicyclic) bond motifs is 3. The molecule has 0 amide bonds. The zero-order valence-electron chi connectivity index (χ0n) is 14.7. The summed E-state index contributed by atoms with van der Waals surface area (Å²) >= 11 is 0. The molecule has 0 aromatic carbocycles. The van der Waals surface area contributed by atoms with E-state index in [2.05, 4.69) is 33.4 Å². The highest BCUT2D eigenvalue weighted by molar-refractivity contribution is 5.16. The van der Waals surface area contributed by atoms with Gasteiger partial charge in [0, 0.05) is 6.61 Å². The molecular formula is C20H34O2. The van der Waals surface area contributed by atoms with Gasteiger partial charge in [0.25, 0.3) is 0 Å². The Morgan fingerprint density at radius 2 is 1.82 bits per heavy atom. The maximum atomic E-state index is 11.8. The van der Waals surface area contributed by atoms with Crippen molar-refractivity contribution in [3.63, 3.8) is 0 Å². The second-order valence-corrected chi connectivity index (χ2v) is 9.40. The first-order chi connectivity index (χ1) is 10.2. The summed E-state index contributed by atoms with van der Waals surface area (Å²) in [6.45, 7) is 11.2. The minimum atomic E-state index is -0.546. The lowest BCUT2D eigenvalue weighted by atomic mass is 9.41. The maximum absolute atomic E-state index is 11.8. The lowest BCUT2D eigenvalue weighted by Crippen LogP contribution is -2.65. The smallest absolute Gasteiger partial charge is 0.0732 e. The van der Waals surface area contributed by atoms with Crippen molar-refractivity contribution in [1.29, 1.82) is 0 Å². The van der Waals surface area contributed by atoms with Crippen molar-refractivity contribution in [3.05, 3.63) is 12.7 Å². The van der Waals surface area contributed by atoms with E-state index >= 15 is 0 Å². The first kappa shape index (κ1) is 16.5. The van der Waals surface area contributed by atoms with Gasteiger partial charge < -0.3 is 10.2 Å². The van der Waals surface area contributed by atoms with Crippen molar-refractivity contribution in [2.75, 3.05) is 6.61 Å². The van der Waals surface area contributed by atoms with Gasteiger partial charge in [-0.3, -0.25) is 0 Å². The Labute approximate surface area is 136 Å². The molecule has 0 heterocycles. The number of rotatable bonds is 2. The molecule has 3 rings (SSSR count). The maximum Gasteiger partial charge on any atom is 0.0732 e. The van der Waals surface area contributed by atoms with Gasteiger partial charge in [0.2, 0.25) is 0 Å². The Kier molecular flexibility index (Phi) is 3.81. The van der Waals surface area contributed by atoms with E-state index in [-0.39, 0.29) is 22.9 Å². The molecule has 6 atom stereocenters. The molecule has 0 aliphatic heterocycles. The molecule has 2 nitrogen and oxygen atoms in total. The predicted octanol–water partition coefficient (Wildman–Crippen LogP) is 4.31. The topological polar surface area (TPSA) is 40.5 Å². The second-order valence-electron chi connectivity index (χ2n) is 9.40. The van der Waals surface area contributed by atoms with E-state index in [1.165, 1.54) is 0 Å². The Morgan fingerprint density at radius 1 is 1.09 bits per heavy atom. The molecule has 0 bridgehead atoms. The summed E-state index contributed by atoms with van der Waals surface area (Å²) in [6.07, 6.45) is 10.8. The SMILES string of the molecule is C=C[C@]1(C)CC[C@@]2(O)[C@@H](CC[C@H]3[C@](C)(CO)CCC[C@@]32C)C1. The first-order valence-electron chi connectivity index (χ1n) is 9.20. The lowest BCUT2D eigenvalue weighted by molar-refractivity contribution is -0.239. The number of allylic oxidation sites excluding steroid dienone is 1. The highest BCUT2D eigenvalue weighted by Crippen LogP contribution is 2.66. The Bertz CT molecular complexity index is 461. The summed E-state index contributed by atoms with van der Waals surface area (Å²) in [4.78, 5) is 0. The molecule has 3 saturated carbocycles. The van der Waals surface area contributed by atoms with E-state index in [1.54, 1.807) is 0 Å². The van der Waals surface area contributed by atoms with Crippen LogP contribution in [-0.4, -0.2) is 22.4 Å². The van der Waals surface area contributed by atoms with E-state index in [1.807, 2.05) is 0 Å². The third-order valence-corrected chi connectivity index (χ3v) is 8.17.